The predicted octanol–water partition coefficient (Wildman–Crippen LogP) is -1.01. The van der Waals surface area contributed by atoms with Gasteiger partial charge >= 0.3 is 5.69 Å². The quantitative estimate of drug-likeness (QED) is 0.413. The highest BCUT2D eigenvalue weighted by atomic mass is 16.2. The molecule has 0 aliphatic rings. The van der Waals surface area contributed by atoms with Crippen molar-refractivity contribution in [3.63, 3.8) is 0 Å². The number of H-pyrrole nitrogens is 1. The van der Waals surface area contributed by atoms with Crippen molar-refractivity contribution in [1.82, 2.24) is 24.1 Å². The summed E-state index contributed by atoms with van der Waals surface area (Å²) in [6.07, 6.45) is 3.03. The Balaban J connectivity index is 2.07. The van der Waals surface area contributed by atoms with Crippen LogP contribution in [0.25, 0.3) is 16.9 Å². The summed E-state index contributed by atoms with van der Waals surface area (Å²) in [5, 5.41) is 1.13. The van der Waals surface area contributed by atoms with Crippen molar-refractivity contribution >= 4 is 22.8 Å². The van der Waals surface area contributed by atoms with Gasteiger partial charge < -0.3 is 10.7 Å². The molecule has 10 heteroatoms. The van der Waals surface area contributed by atoms with E-state index in [1.165, 1.54) is 24.9 Å². The van der Waals surface area contributed by atoms with E-state index in [9.17, 15) is 9.59 Å². The third-order valence-electron chi connectivity index (χ3n) is 3.57. The molecule has 0 amide bonds. The lowest BCUT2D eigenvalue weighted by atomic mass is 10.3. The fourth-order valence-electron chi connectivity index (χ4n) is 2.25. The van der Waals surface area contributed by atoms with Crippen LogP contribution < -0.4 is 27.8 Å². The van der Waals surface area contributed by atoms with Crippen LogP contribution in [0, 0.1) is 0 Å². The number of rotatable bonds is 3. The summed E-state index contributed by atoms with van der Waals surface area (Å²) in [7, 11) is 2.91. The van der Waals surface area contributed by atoms with Crippen molar-refractivity contribution in [1.29, 1.82) is 0 Å². The molecule has 3 aromatic heterocycles. The first kappa shape index (κ1) is 15.5. The molecule has 0 unspecified atom stereocenters. The molecule has 0 radical (unpaired) electrons. The van der Waals surface area contributed by atoms with Crippen LogP contribution >= 0.6 is 0 Å². The number of nitrogens with two attached hydrogens (primary N) is 2. The Morgan fingerprint density at radius 3 is 2.71 bits per heavy atom. The largest absolute Gasteiger partial charge is 0.396 e. The van der Waals surface area contributed by atoms with Gasteiger partial charge in [0.1, 0.15) is 0 Å². The maximum absolute atomic E-state index is 12.1. The van der Waals surface area contributed by atoms with E-state index in [1.54, 1.807) is 24.4 Å². The number of nitrogens with zero attached hydrogens (tertiary/aromatic N) is 5. The number of aromatic nitrogens is 5. The van der Waals surface area contributed by atoms with Crippen molar-refractivity contribution in [3.05, 3.63) is 57.1 Å². The van der Waals surface area contributed by atoms with Crippen molar-refractivity contribution in [3.8, 4) is 0 Å². The number of imidazole rings is 1. The monoisotopic (exact) mass is 328 g/mol. The second kappa shape index (κ2) is 5.66. The van der Waals surface area contributed by atoms with Crippen LogP contribution in [0.4, 0.5) is 5.95 Å². The topological polar surface area (TPSA) is 141 Å². The van der Waals surface area contributed by atoms with E-state index >= 15 is 0 Å². The molecule has 0 bridgehead atoms. The molecule has 3 aromatic rings. The summed E-state index contributed by atoms with van der Waals surface area (Å²) in [6.45, 7) is 0. The van der Waals surface area contributed by atoms with Crippen molar-refractivity contribution < 1.29 is 0 Å². The van der Waals surface area contributed by atoms with Gasteiger partial charge in [0.2, 0.25) is 5.95 Å². The van der Waals surface area contributed by atoms with Crippen molar-refractivity contribution in [2.24, 2.45) is 25.7 Å². The Labute approximate surface area is 135 Å². The number of hydrogen-bond acceptors (Lipinski definition) is 7. The van der Waals surface area contributed by atoms with Gasteiger partial charge in [-0.3, -0.25) is 23.9 Å². The van der Waals surface area contributed by atoms with Crippen LogP contribution in [0.1, 0.15) is 5.69 Å². The first-order valence-electron chi connectivity index (χ1n) is 6.98. The second-order valence-corrected chi connectivity index (χ2v) is 5.17. The number of hydrogen-bond donors (Lipinski definition) is 3. The SMILES string of the molecule is Cn1c(=O)c2[nH]c(N(N)/C=C(\N)c3ccccn3)nc2n(C)c1=O. The van der Waals surface area contributed by atoms with Gasteiger partial charge in [0.05, 0.1) is 11.4 Å². The summed E-state index contributed by atoms with van der Waals surface area (Å²) in [5.41, 5.74) is 6.24. The van der Waals surface area contributed by atoms with Crippen LogP contribution in [0.5, 0.6) is 0 Å². The van der Waals surface area contributed by atoms with Crippen molar-refractivity contribution in [2.45, 2.75) is 0 Å². The van der Waals surface area contributed by atoms with E-state index in [2.05, 4.69) is 15.0 Å². The average molecular weight is 328 g/mol. The Kier molecular flexibility index (Phi) is 3.66. The lowest BCUT2D eigenvalue weighted by molar-refractivity contribution is 0.708. The zero-order valence-corrected chi connectivity index (χ0v) is 13.1. The van der Waals surface area contributed by atoms with Gasteiger partial charge in [-0.05, 0) is 12.1 Å². The molecule has 3 heterocycles. The summed E-state index contributed by atoms with van der Waals surface area (Å²) in [6, 6.07) is 5.30. The van der Waals surface area contributed by atoms with Crippen molar-refractivity contribution in [2.75, 3.05) is 5.01 Å². The first-order chi connectivity index (χ1) is 11.4. The highest BCUT2D eigenvalue weighted by Crippen LogP contribution is 2.13. The summed E-state index contributed by atoms with van der Waals surface area (Å²) in [5.74, 6) is 6.10. The number of nitrogens with one attached hydrogen (secondary N) is 1. The summed E-state index contributed by atoms with van der Waals surface area (Å²) in [4.78, 5) is 35.2. The average Bonchev–Trinajstić information content (AvgIpc) is 3.04. The Bertz CT molecular complexity index is 1040. The molecule has 0 fully saturated rings. The van der Waals surface area contributed by atoms with E-state index in [-0.39, 0.29) is 17.1 Å². The number of fused-ring (bicyclic) bond motifs is 1. The first-order valence-corrected chi connectivity index (χ1v) is 6.98. The molecule has 0 aliphatic heterocycles. The number of aromatic amines is 1. The van der Waals surface area contributed by atoms with Gasteiger partial charge in [-0.15, -0.1) is 0 Å². The second-order valence-electron chi connectivity index (χ2n) is 5.17. The van der Waals surface area contributed by atoms with Gasteiger partial charge in [-0.1, -0.05) is 6.07 Å². The molecule has 0 atom stereocenters. The fraction of sp³-hybridized carbons (Fsp3) is 0.143. The maximum atomic E-state index is 12.1. The number of anilines is 1. The molecule has 124 valence electrons. The molecule has 0 saturated heterocycles. The van der Waals surface area contributed by atoms with Crippen LogP contribution in [0.15, 0.2) is 40.2 Å². The standard InChI is InChI=1S/C14H16N8O2/c1-20-11-10(12(23)21(2)14(20)24)18-13(19-11)22(16)7-8(15)9-5-3-4-6-17-9/h3-7H,15-16H2,1-2H3,(H,18,19)/b8-7-. The molecular weight excluding hydrogens is 312 g/mol. The van der Waals surface area contributed by atoms with Gasteiger partial charge in [0.15, 0.2) is 11.2 Å². The maximum Gasteiger partial charge on any atom is 0.332 e. The Morgan fingerprint density at radius 2 is 2.04 bits per heavy atom. The lowest BCUT2D eigenvalue weighted by Crippen LogP contribution is -2.36. The Morgan fingerprint density at radius 1 is 1.29 bits per heavy atom. The molecular formula is C14H16N8O2. The highest BCUT2D eigenvalue weighted by Gasteiger charge is 2.15. The van der Waals surface area contributed by atoms with Crippen LogP contribution in [-0.2, 0) is 14.1 Å². The minimum Gasteiger partial charge on any atom is -0.396 e. The van der Waals surface area contributed by atoms with E-state index in [0.29, 0.717) is 11.4 Å². The van der Waals surface area contributed by atoms with E-state index < -0.39 is 11.2 Å². The summed E-state index contributed by atoms with van der Waals surface area (Å²) >= 11 is 0. The van der Waals surface area contributed by atoms with E-state index in [0.717, 1.165) is 9.58 Å². The zero-order chi connectivity index (χ0) is 17.4. The molecule has 24 heavy (non-hydrogen) atoms. The molecule has 5 N–H and O–H groups in total. The minimum atomic E-state index is -0.484. The molecule has 10 nitrogen and oxygen atoms in total. The minimum absolute atomic E-state index is 0.169. The highest BCUT2D eigenvalue weighted by molar-refractivity contribution is 5.73. The van der Waals surface area contributed by atoms with Crippen LogP contribution in [0.2, 0.25) is 0 Å². The molecule has 3 rings (SSSR count). The molecule has 0 aromatic carbocycles. The lowest BCUT2D eigenvalue weighted by Gasteiger charge is -2.10. The van der Waals surface area contributed by atoms with Crippen LogP contribution in [-0.4, -0.2) is 24.1 Å². The van der Waals surface area contributed by atoms with Gasteiger partial charge in [0.25, 0.3) is 5.56 Å². The predicted molar refractivity (Wildman–Crippen MR) is 89.6 cm³/mol. The molecule has 0 spiro atoms. The number of pyridine rings is 1. The third kappa shape index (κ3) is 2.44. The van der Waals surface area contributed by atoms with Gasteiger partial charge in [-0.25, -0.2) is 10.6 Å². The number of hydrazine groups is 1. The Hall–Kier alpha value is -3.40. The zero-order valence-electron chi connectivity index (χ0n) is 13.1. The molecule has 0 saturated carbocycles. The summed E-state index contributed by atoms with van der Waals surface area (Å²) < 4.78 is 2.25. The third-order valence-corrected chi connectivity index (χ3v) is 3.57. The van der Waals surface area contributed by atoms with E-state index in [1.807, 2.05) is 0 Å². The van der Waals surface area contributed by atoms with E-state index in [4.69, 9.17) is 11.6 Å². The van der Waals surface area contributed by atoms with Gasteiger partial charge in [-0.2, -0.15) is 4.98 Å². The van der Waals surface area contributed by atoms with Gasteiger partial charge in [0, 0.05) is 26.5 Å². The fourth-order valence-corrected chi connectivity index (χ4v) is 2.25. The molecule has 0 aliphatic carbocycles. The number of aryl methyl sites for hydroxylation is 1. The van der Waals surface area contributed by atoms with Crippen LogP contribution in [0.3, 0.4) is 0 Å². The normalized spacial score (nSPS) is 11.9. The smallest absolute Gasteiger partial charge is 0.332 e.